The summed E-state index contributed by atoms with van der Waals surface area (Å²) >= 11 is 0. The Morgan fingerprint density at radius 3 is 1.66 bits per heavy atom. The molecule has 9 heteroatoms. The van der Waals surface area contributed by atoms with Crippen molar-refractivity contribution in [3.8, 4) is 0 Å². The Hall–Kier alpha value is -1.54. The average Bonchev–Trinajstić information content (AvgIpc) is 3.11. The van der Waals surface area contributed by atoms with E-state index in [9.17, 15) is 14.3 Å². The maximum Gasteiger partial charge on any atom is 0.306 e. The Balaban J connectivity index is 4.28. The summed E-state index contributed by atoms with van der Waals surface area (Å²) < 4.78 is 34.5. The van der Waals surface area contributed by atoms with Crippen LogP contribution in [0.5, 0.6) is 0 Å². The summed E-state index contributed by atoms with van der Waals surface area (Å²) in [5.74, 6) is -0.348. The molecule has 310 valence electrons. The van der Waals surface area contributed by atoms with Crippen molar-refractivity contribution in [3.63, 3.8) is 0 Å². The van der Waals surface area contributed by atoms with Crippen molar-refractivity contribution in [3.05, 3.63) is 48.6 Å². The molecule has 0 saturated heterocycles. The number of likely N-dealkylation sites (N-methyl/N-ethyl adjacent to an activating group) is 1. The summed E-state index contributed by atoms with van der Waals surface area (Å²) in [5.41, 5.74) is 0. The Labute approximate surface area is 327 Å². The van der Waals surface area contributed by atoms with Crippen LogP contribution in [0.15, 0.2) is 48.6 Å². The standard InChI is InChI=1S/C44H82NO7P/c1-6-8-10-12-14-16-18-20-22-23-24-25-27-29-31-33-35-37-44(46)52-43(42-51-53(47,48)50-40-38-45(3,4)5)41-49-39-36-34-32-30-28-26-21-19-17-15-13-11-9-7-2/h8,10,14,16-17,19-20,22,43H,6-7,9,11-13,15,18,21,23-42H2,1-5H3/b10-8-,16-14-,19-17-,22-20-. The van der Waals surface area contributed by atoms with Gasteiger partial charge in [-0.05, 0) is 70.6 Å². The van der Waals surface area contributed by atoms with Crippen molar-refractivity contribution in [2.75, 3.05) is 54.1 Å². The average molecular weight is 768 g/mol. The van der Waals surface area contributed by atoms with Crippen molar-refractivity contribution in [2.24, 2.45) is 0 Å². The molecule has 0 radical (unpaired) electrons. The summed E-state index contributed by atoms with van der Waals surface area (Å²) in [6.07, 6.45) is 44.0. The second-order valence-corrected chi connectivity index (χ2v) is 16.7. The largest absolute Gasteiger partial charge is 0.756 e. The lowest BCUT2D eigenvalue weighted by atomic mass is 10.1. The predicted molar refractivity (Wildman–Crippen MR) is 222 cm³/mol. The highest BCUT2D eigenvalue weighted by molar-refractivity contribution is 7.45. The number of nitrogens with zero attached hydrogens (tertiary/aromatic N) is 1. The van der Waals surface area contributed by atoms with Crippen molar-refractivity contribution in [1.82, 2.24) is 0 Å². The first-order chi connectivity index (χ1) is 25.6. The first-order valence-corrected chi connectivity index (χ1v) is 22.8. The fourth-order valence-electron chi connectivity index (χ4n) is 5.55. The van der Waals surface area contributed by atoms with E-state index in [-0.39, 0.29) is 25.8 Å². The van der Waals surface area contributed by atoms with Gasteiger partial charge in [0.1, 0.15) is 19.3 Å². The lowest BCUT2D eigenvalue weighted by molar-refractivity contribution is -0.870. The van der Waals surface area contributed by atoms with E-state index in [4.69, 9.17) is 18.5 Å². The van der Waals surface area contributed by atoms with Crippen LogP contribution in [0, 0.1) is 0 Å². The van der Waals surface area contributed by atoms with Gasteiger partial charge in [0.15, 0.2) is 0 Å². The van der Waals surface area contributed by atoms with Gasteiger partial charge in [0.2, 0.25) is 0 Å². The number of phosphoric ester groups is 1. The number of rotatable bonds is 39. The minimum absolute atomic E-state index is 0.0214. The van der Waals surface area contributed by atoms with Gasteiger partial charge in [-0.25, -0.2) is 0 Å². The van der Waals surface area contributed by atoms with Gasteiger partial charge in [0.25, 0.3) is 7.82 Å². The molecule has 0 spiro atoms. The molecular weight excluding hydrogens is 685 g/mol. The Morgan fingerprint density at radius 1 is 0.604 bits per heavy atom. The van der Waals surface area contributed by atoms with Gasteiger partial charge < -0.3 is 27.9 Å². The maximum atomic E-state index is 12.7. The van der Waals surface area contributed by atoms with E-state index < -0.39 is 13.9 Å². The Morgan fingerprint density at radius 2 is 1.09 bits per heavy atom. The molecule has 0 amide bonds. The monoisotopic (exact) mass is 768 g/mol. The van der Waals surface area contributed by atoms with Gasteiger partial charge >= 0.3 is 5.97 Å². The molecule has 0 heterocycles. The number of hydrogen-bond donors (Lipinski definition) is 0. The third-order valence-electron chi connectivity index (χ3n) is 8.86. The lowest BCUT2D eigenvalue weighted by Crippen LogP contribution is -2.37. The van der Waals surface area contributed by atoms with Crippen molar-refractivity contribution in [2.45, 2.75) is 174 Å². The molecule has 0 aromatic rings. The fourth-order valence-corrected chi connectivity index (χ4v) is 6.28. The van der Waals surface area contributed by atoms with Gasteiger partial charge in [0.05, 0.1) is 34.4 Å². The van der Waals surface area contributed by atoms with Crippen LogP contribution in [0.1, 0.15) is 168 Å². The SMILES string of the molecule is CC/C=C\C/C=C\C/C=C\CCCCCCCCCC(=O)OC(COCCCCCCCC/C=C\CCCCCC)COP(=O)([O-])OCC[N+](C)(C)C. The van der Waals surface area contributed by atoms with E-state index in [1.807, 2.05) is 21.1 Å². The number of hydrogen-bond acceptors (Lipinski definition) is 7. The van der Waals surface area contributed by atoms with Crippen LogP contribution < -0.4 is 4.89 Å². The van der Waals surface area contributed by atoms with Crippen LogP contribution in [0.3, 0.4) is 0 Å². The van der Waals surface area contributed by atoms with Crippen LogP contribution in [0.25, 0.3) is 0 Å². The highest BCUT2D eigenvalue weighted by atomic mass is 31.2. The molecule has 0 aromatic heterocycles. The summed E-state index contributed by atoms with van der Waals surface area (Å²) in [6, 6.07) is 0. The van der Waals surface area contributed by atoms with E-state index in [0.717, 1.165) is 57.8 Å². The number of unbranched alkanes of at least 4 members (excludes halogenated alkanes) is 17. The van der Waals surface area contributed by atoms with Crippen LogP contribution in [-0.2, 0) is 27.9 Å². The minimum atomic E-state index is -4.53. The topological polar surface area (TPSA) is 94.1 Å². The molecule has 0 aliphatic carbocycles. The molecule has 0 aliphatic heterocycles. The lowest BCUT2D eigenvalue weighted by Gasteiger charge is -2.28. The Bertz CT molecular complexity index is 989. The molecule has 2 atom stereocenters. The zero-order valence-corrected chi connectivity index (χ0v) is 35.8. The molecule has 0 saturated carbocycles. The van der Waals surface area contributed by atoms with Crippen LogP contribution in [0.2, 0.25) is 0 Å². The van der Waals surface area contributed by atoms with Crippen molar-refractivity contribution >= 4 is 13.8 Å². The zero-order chi connectivity index (χ0) is 39.1. The second-order valence-electron chi connectivity index (χ2n) is 15.3. The number of quaternary nitrogens is 1. The van der Waals surface area contributed by atoms with E-state index >= 15 is 0 Å². The van der Waals surface area contributed by atoms with E-state index in [1.54, 1.807) is 0 Å². The third kappa shape index (κ3) is 41.5. The van der Waals surface area contributed by atoms with Crippen LogP contribution >= 0.6 is 7.82 Å². The van der Waals surface area contributed by atoms with Gasteiger partial charge in [-0.2, -0.15) is 0 Å². The number of carbonyl (C=O) groups excluding carboxylic acids is 1. The molecule has 0 bridgehead atoms. The van der Waals surface area contributed by atoms with Crippen molar-refractivity contribution < 1.29 is 37.3 Å². The van der Waals surface area contributed by atoms with Crippen molar-refractivity contribution in [1.29, 1.82) is 0 Å². The van der Waals surface area contributed by atoms with Gasteiger partial charge in [-0.1, -0.05) is 140 Å². The summed E-state index contributed by atoms with van der Waals surface area (Å²) in [4.78, 5) is 25.0. The number of phosphoric acid groups is 1. The summed E-state index contributed by atoms with van der Waals surface area (Å²) in [7, 11) is 1.34. The maximum absolute atomic E-state index is 12.7. The quantitative estimate of drug-likeness (QED) is 0.0202. The molecule has 0 aliphatic rings. The first kappa shape index (κ1) is 51.5. The normalized spacial score (nSPS) is 14.3. The molecule has 53 heavy (non-hydrogen) atoms. The zero-order valence-electron chi connectivity index (χ0n) is 35.0. The van der Waals surface area contributed by atoms with E-state index in [0.29, 0.717) is 24.1 Å². The highest BCUT2D eigenvalue weighted by Crippen LogP contribution is 2.38. The van der Waals surface area contributed by atoms with Gasteiger partial charge in [-0.3, -0.25) is 9.36 Å². The number of allylic oxidation sites excluding steroid dienone is 8. The van der Waals surface area contributed by atoms with Gasteiger partial charge in [-0.15, -0.1) is 0 Å². The number of ether oxygens (including phenoxy) is 2. The van der Waals surface area contributed by atoms with E-state index in [2.05, 4.69) is 62.5 Å². The van der Waals surface area contributed by atoms with Crippen LogP contribution in [0.4, 0.5) is 0 Å². The van der Waals surface area contributed by atoms with Crippen LogP contribution in [-0.4, -0.2) is 70.7 Å². The molecule has 0 fully saturated rings. The smallest absolute Gasteiger partial charge is 0.306 e. The fraction of sp³-hybridized carbons (Fsp3) is 0.795. The third-order valence-corrected chi connectivity index (χ3v) is 9.83. The molecule has 8 nitrogen and oxygen atoms in total. The summed E-state index contributed by atoms with van der Waals surface area (Å²) in [6.45, 7) is 5.26. The minimum Gasteiger partial charge on any atom is -0.756 e. The first-order valence-electron chi connectivity index (χ1n) is 21.4. The summed E-state index contributed by atoms with van der Waals surface area (Å²) in [5, 5.41) is 0. The molecule has 0 aromatic carbocycles. The number of esters is 1. The van der Waals surface area contributed by atoms with Gasteiger partial charge in [0, 0.05) is 13.0 Å². The predicted octanol–water partition coefficient (Wildman–Crippen LogP) is 11.7. The number of carbonyl (C=O) groups is 1. The Kier molecular flexibility index (Phi) is 36.3. The highest BCUT2D eigenvalue weighted by Gasteiger charge is 2.20. The molecular formula is C44H82NO7P. The second kappa shape index (κ2) is 37.4. The molecule has 0 rings (SSSR count). The molecule has 2 unspecified atom stereocenters. The molecule has 0 N–H and O–H groups in total. The van der Waals surface area contributed by atoms with E-state index in [1.165, 1.54) is 89.9 Å².